The van der Waals surface area contributed by atoms with E-state index in [9.17, 15) is 0 Å². The highest BCUT2D eigenvalue weighted by molar-refractivity contribution is 5.48. The van der Waals surface area contributed by atoms with Gasteiger partial charge < -0.3 is 5.73 Å². The third kappa shape index (κ3) is 2.74. The molecule has 0 bridgehead atoms. The summed E-state index contributed by atoms with van der Waals surface area (Å²) in [6.45, 7) is 11.8. The molecule has 1 aromatic heterocycles. The van der Waals surface area contributed by atoms with E-state index in [1.165, 1.54) is 5.69 Å². The van der Waals surface area contributed by atoms with Gasteiger partial charge in [0.2, 0.25) is 0 Å². The lowest BCUT2D eigenvalue weighted by atomic mass is 9.97. The molecule has 2 N–H and O–H groups in total. The van der Waals surface area contributed by atoms with Gasteiger partial charge in [-0.2, -0.15) is 5.10 Å². The van der Waals surface area contributed by atoms with E-state index in [-0.39, 0.29) is 5.41 Å². The van der Waals surface area contributed by atoms with Gasteiger partial charge in [-0.25, -0.2) is 0 Å². The fourth-order valence-corrected chi connectivity index (χ4v) is 1.78. The van der Waals surface area contributed by atoms with Crippen molar-refractivity contribution in [2.45, 2.75) is 54.0 Å². The summed E-state index contributed by atoms with van der Waals surface area (Å²) in [5, 5.41) is 4.58. The molecular weight excluding hydrogens is 186 g/mol. The van der Waals surface area contributed by atoms with Crippen LogP contribution in [0.4, 0.5) is 5.69 Å². The smallest absolute Gasteiger partial charge is 0.0854 e. The molecule has 0 saturated carbocycles. The molecular formula is C12H23N3. The third-order valence-electron chi connectivity index (χ3n) is 2.47. The van der Waals surface area contributed by atoms with Crippen molar-refractivity contribution in [3.8, 4) is 0 Å². The molecule has 3 heteroatoms. The monoisotopic (exact) mass is 209 g/mol. The molecule has 0 aliphatic heterocycles. The lowest BCUT2D eigenvalue weighted by Crippen LogP contribution is -2.18. The first-order valence-corrected chi connectivity index (χ1v) is 5.73. The number of nitrogens with zero attached hydrogens (tertiary/aromatic N) is 2. The standard InChI is InChI=1S/C12H23N3/c1-6-9-11(13)10(7-2)15(14-9)8-12(3,4)5/h6-8,13H2,1-5H3. The minimum Gasteiger partial charge on any atom is -0.396 e. The van der Waals surface area contributed by atoms with Gasteiger partial charge in [-0.1, -0.05) is 34.6 Å². The zero-order valence-corrected chi connectivity index (χ0v) is 10.6. The SMILES string of the molecule is CCc1nn(CC(C)(C)C)c(CC)c1N. The topological polar surface area (TPSA) is 43.8 Å². The molecule has 0 atom stereocenters. The summed E-state index contributed by atoms with van der Waals surface area (Å²) < 4.78 is 2.08. The Morgan fingerprint density at radius 2 is 1.80 bits per heavy atom. The maximum Gasteiger partial charge on any atom is 0.0854 e. The van der Waals surface area contributed by atoms with Crippen LogP contribution in [0.5, 0.6) is 0 Å². The normalized spacial score (nSPS) is 12.1. The number of nitrogen functional groups attached to an aromatic ring is 1. The second-order valence-electron chi connectivity index (χ2n) is 5.23. The Morgan fingerprint density at radius 3 is 2.20 bits per heavy atom. The quantitative estimate of drug-likeness (QED) is 0.831. The average molecular weight is 209 g/mol. The molecule has 1 heterocycles. The Bertz CT molecular complexity index is 331. The molecule has 1 aromatic rings. The Hall–Kier alpha value is -0.990. The van der Waals surface area contributed by atoms with Crippen molar-refractivity contribution in [2.24, 2.45) is 5.41 Å². The van der Waals surface area contributed by atoms with Gasteiger partial charge in [-0.05, 0) is 18.3 Å². The molecule has 1 rings (SSSR count). The molecule has 0 unspecified atom stereocenters. The van der Waals surface area contributed by atoms with Crippen LogP contribution < -0.4 is 5.73 Å². The molecule has 0 amide bonds. The molecule has 0 aromatic carbocycles. The van der Waals surface area contributed by atoms with Crippen LogP contribution in [0.25, 0.3) is 0 Å². The Balaban J connectivity index is 3.07. The molecule has 3 nitrogen and oxygen atoms in total. The first-order valence-electron chi connectivity index (χ1n) is 5.73. The zero-order valence-electron chi connectivity index (χ0n) is 10.6. The van der Waals surface area contributed by atoms with Crippen LogP contribution in [0.3, 0.4) is 0 Å². The first kappa shape index (κ1) is 12.1. The van der Waals surface area contributed by atoms with Crippen molar-refractivity contribution in [3.05, 3.63) is 11.4 Å². The van der Waals surface area contributed by atoms with E-state index in [4.69, 9.17) is 5.73 Å². The van der Waals surface area contributed by atoms with Gasteiger partial charge in [0.15, 0.2) is 0 Å². The Labute approximate surface area is 92.7 Å². The second kappa shape index (κ2) is 4.25. The van der Waals surface area contributed by atoms with E-state index in [1.54, 1.807) is 0 Å². The summed E-state index contributed by atoms with van der Waals surface area (Å²) in [6, 6.07) is 0. The minimum atomic E-state index is 0.243. The molecule has 0 saturated heterocycles. The van der Waals surface area contributed by atoms with Crippen molar-refractivity contribution in [3.63, 3.8) is 0 Å². The first-order chi connectivity index (χ1) is 6.89. The second-order valence-corrected chi connectivity index (χ2v) is 5.23. The van der Waals surface area contributed by atoms with Crippen molar-refractivity contribution in [1.82, 2.24) is 9.78 Å². The van der Waals surface area contributed by atoms with Crippen LogP contribution >= 0.6 is 0 Å². The summed E-state index contributed by atoms with van der Waals surface area (Å²) in [5.74, 6) is 0. The molecule has 0 aliphatic carbocycles. The Morgan fingerprint density at radius 1 is 1.20 bits per heavy atom. The van der Waals surface area contributed by atoms with Gasteiger partial charge in [-0.3, -0.25) is 4.68 Å². The van der Waals surface area contributed by atoms with Gasteiger partial charge in [0.1, 0.15) is 0 Å². The number of aromatic nitrogens is 2. The fraction of sp³-hybridized carbons (Fsp3) is 0.750. The van der Waals surface area contributed by atoms with Crippen LogP contribution in [-0.2, 0) is 19.4 Å². The highest BCUT2D eigenvalue weighted by Gasteiger charge is 2.17. The lowest BCUT2D eigenvalue weighted by Gasteiger charge is -2.19. The lowest BCUT2D eigenvalue weighted by molar-refractivity contribution is 0.319. The van der Waals surface area contributed by atoms with Crippen molar-refractivity contribution >= 4 is 5.69 Å². The van der Waals surface area contributed by atoms with Crippen molar-refractivity contribution < 1.29 is 0 Å². The van der Waals surface area contributed by atoms with Crippen LogP contribution in [0, 0.1) is 5.41 Å². The van der Waals surface area contributed by atoms with E-state index in [0.717, 1.165) is 30.8 Å². The third-order valence-corrected chi connectivity index (χ3v) is 2.47. The van der Waals surface area contributed by atoms with E-state index in [1.807, 2.05) is 0 Å². The highest BCUT2D eigenvalue weighted by Crippen LogP contribution is 2.23. The van der Waals surface area contributed by atoms with Gasteiger partial charge in [0.05, 0.1) is 17.1 Å². The van der Waals surface area contributed by atoms with Gasteiger partial charge in [0, 0.05) is 6.54 Å². The molecule has 15 heavy (non-hydrogen) atoms. The number of aryl methyl sites for hydroxylation is 1. The number of hydrogen-bond donors (Lipinski definition) is 1. The molecule has 0 radical (unpaired) electrons. The predicted molar refractivity (Wildman–Crippen MR) is 64.9 cm³/mol. The summed E-state index contributed by atoms with van der Waals surface area (Å²) >= 11 is 0. The predicted octanol–water partition coefficient (Wildman–Crippen LogP) is 2.64. The molecule has 0 aliphatic rings. The molecule has 0 spiro atoms. The highest BCUT2D eigenvalue weighted by atomic mass is 15.3. The van der Waals surface area contributed by atoms with Crippen LogP contribution in [0.1, 0.15) is 46.0 Å². The number of anilines is 1. The van der Waals surface area contributed by atoms with Crippen LogP contribution in [0.15, 0.2) is 0 Å². The van der Waals surface area contributed by atoms with Crippen LogP contribution in [-0.4, -0.2) is 9.78 Å². The maximum atomic E-state index is 6.06. The van der Waals surface area contributed by atoms with Crippen molar-refractivity contribution in [2.75, 3.05) is 5.73 Å². The number of hydrogen-bond acceptors (Lipinski definition) is 2. The largest absolute Gasteiger partial charge is 0.396 e. The number of nitrogens with two attached hydrogens (primary N) is 1. The number of rotatable bonds is 3. The zero-order chi connectivity index (χ0) is 11.6. The van der Waals surface area contributed by atoms with E-state index < -0.39 is 0 Å². The summed E-state index contributed by atoms with van der Waals surface area (Å²) in [5.41, 5.74) is 9.42. The summed E-state index contributed by atoms with van der Waals surface area (Å²) in [4.78, 5) is 0. The summed E-state index contributed by atoms with van der Waals surface area (Å²) in [6.07, 6.45) is 1.87. The van der Waals surface area contributed by atoms with E-state index >= 15 is 0 Å². The van der Waals surface area contributed by atoms with Crippen molar-refractivity contribution in [1.29, 1.82) is 0 Å². The van der Waals surface area contributed by atoms with Gasteiger partial charge in [-0.15, -0.1) is 0 Å². The van der Waals surface area contributed by atoms with E-state index in [0.29, 0.717) is 0 Å². The summed E-state index contributed by atoms with van der Waals surface area (Å²) in [7, 11) is 0. The van der Waals surface area contributed by atoms with Gasteiger partial charge >= 0.3 is 0 Å². The maximum absolute atomic E-state index is 6.06. The molecule has 86 valence electrons. The Kier molecular flexibility index (Phi) is 3.42. The van der Waals surface area contributed by atoms with Crippen LogP contribution in [0.2, 0.25) is 0 Å². The average Bonchev–Trinajstić information content (AvgIpc) is 2.39. The minimum absolute atomic E-state index is 0.243. The van der Waals surface area contributed by atoms with E-state index in [2.05, 4.69) is 44.4 Å². The van der Waals surface area contributed by atoms with Gasteiger partial charge in [0.25, 0.3) is 0 Å². The molecule has 0 fully saturated rings. The fourth-order valence-electron chi connectivity index (χ4n) is 1.78.